The lowest BCUT2D eigenvalue weighted by atomic mass is 10.1. The molecular weight excluding hydrogens is 254 g/mol. The molecule has 0 saturated heterocycles. The monoisotopic (exact) mass is 267 g/mol. The molecule has 0 radical (unpaired) electrons. The molecule has 1 aromatic carbocycles. The number of rotatable bonds is 4. The number of nitrogens with one attached hydrogen (secondary N) is 1. The number of thiophene rings is 1. The average molecular weight is 267 g/mol. The van der Waals surface area contributed by atoms with Crippen LogP contribution in [0, 0.1) is 22.7 Å². The summed E-state index contributed by atoms with van der Waals surface area (Å²) in [5.41, 5.74) is 1.69. The fraction of sp³-hybridized carbons (Fsp3) is 0.200. The Morgan fingerprint density at radius 1 is 1.05 bits per heavy atom. The molecule has 4 heteroatoms. The summed E-state index contributed by atoms with van der Waals surface area (Å²) in [6.07, 6.45) is 1.06. The summed E-state index contributed by atoms with van der Waals surface area (Å²) in [5.74, 6) is 0. The van der Waals surface area contributed by atoms with Crippen molar-refractivity contribution in [2.75, 3.05) is 5.32 Å². The Morgan fingerprint density at radius 2 is 1.79 bits per heavy atom. The van der Waals surface area contributed by atoms with Crippen LogP contribution < -0.4 is 5.32 Å². The van der Waals surface area contributed by atoms with Crippen LogP contribution in [0.4, 0.5) is 5.69 Å². The van der Waals surface area contributed by atoms with Crippen molar-refractivity contribution in [3.63, 3.8) is 0 Å². The van der Waals surface area contributed by atoms with E-state index in [1.807, 2.05) is 18.2 Å². The van der Waals surface area contributed by atoms with E-state index < -0.39 is 0 Å². The van der Waals surface area contributed by atoms with Crippen LogP contribution in [0.3, 0.4) is 0 Å². The first-order chi connectivity index (χ1) is 9.26. The third-order valence-electron chi connectivity index (χ3n) is 2.79. The first kappa shape index (κ1) is 13.1. The fourth-order valence-electron chi connectivity index (χ4n) is 1.74. The van der Waals surface area contributed by atoms with Gasteiger partial charge >= 0.3 is 0 Å². The highest BCUT2D eigenvalue weighted by Crippen LogP contribution is 2.20. The second-order valence-electron chi connectivity index (χ2n) is 4.06. The number of hydrogen-bond acceptors (Lipinski definition) is 4. The van der Waals surface area contributed by atoms with Gasteiger partial charge in [0.1, 0.15) is 12.1 Å². The highest BCUT2D eigenvalue weighted by atomic mass is 32.1. The SMILES string of the molecule is CCc1ccc(CNc2ccc(C#N)c(C#N)c2)s1. The zero-order valence-electron chi connectivity index (χ0n) is 10.6. The summed E-state index contributed by atoms with van der Waals surface area (Å²) in [6, 6.07) is 13.5. The van der Waals surface area contributed by atoms with Gasteiger partial charge in [-0.05, 0) is 36.8 Å². The predicted octanol–water partition coefficient (Wildman–Crippen LogP) is 3.67. The van der Waals surface area contributed by atoms with Crippen LogP contribution in [-0.4, -0.2) is 0 Å². The minimum atomic E-state index is 0.410. The Bertz CT molecular complexity index is 659. The molecule has 0 bridgehead atoms. The number of benzene rings is 1. The van der Waals surface area contributed by atoms with Crippen LogP contribution in [0.1, 0.15) is 27.8 Å². The van der Waals surface area contributed by atoms with E-state index in [9.17, 15) is 0 Å². The van der Waals surface area contributed by atoms with Crippen LogP contribution in [0.5, 0.6) is 0 Å². The molecule has 0 atom stereocenters. The molecule has 0 unspecified atom stereocenters. The highest BCUT2D eigenvalue weighted by Gasteiger charge is 2.03. The van der Waals surface area contributed by atoms with E-state index in [1.54, 1.807) is 23.5 Å². The Kier molecular flexibility index (Phi) is 4.18. The molecule has 2 rings (SSSR count). The van der Waals surface area contributed by atoms with Crippen molar-refractivity contribution in [3.8, 4) is 12.1 Å². The molecule has 0 amide bonds. The number of hydrogen-bond donors (Lipinski definition) is 1. The zero-order valence-corrected chi connectivity index (χ0v) is 11.4. The van der Waals surface area contributed by atoms with Crippen molar-refractivity contribution < 1.29 is 0 Å². The first-order valence-electron chi connectivity index (χ1n) is 6.02. The van der Waals surface area contributed by atoms with E-state index >= 15 is 0 Å². The summed E-state index contributed by atoms with van der Waals surface area (Å²) in [5, 5.41) is 21.1. The van der Waals surface area contributed by atoms with Crippen molar-refractivity contribution in [2.24, 2.45) is 0 Å². The van der Waals surface area contributed by atoms with Crippen molar-refractivity contribution >= 4 is 17.0 Å². The number of nitriles is 2. The van der Waals surface area contributed by atoms with Gasteiger partial charge in [-0.2, -0.15) is 10.5 Å². The highest BCUT2D eigenvalue weighted by molar-refractivity contribution is 7.12. The molecule has 1 heterocycles. The molecule has 0 fully saturated rings. The van der Waals surface area contributed by atoms with Crippen LogP contribution in [-0.2, 0) is 13.0 Å². The largest absolute Gasteiger partial charge is 0.380 e. The lowest BCUT2D eigenvalue weighted by Crippen LogP contribution is -1.98. The maximum atomic E-state index is 8.97. The van der Waals surface area contributed by atoms with Gasteiger partial charge in [0.2, 0.25) is 0 Å². The van der Waals surface area contributed by atoms with Gasteiger partial charge in [0.25, 0.3) is 0 Å². The van der Waals surface area contributed by atoms with E-state index in [0.717, 1.165) is 18.7 Å². The first-order valence-corrected chi connectivity index (χ1v) is 6.84. The minimum absolute atomic E-state index is 0.410. The summed E-state index contributed by atoms with van der Waals surface area (Å²) < 4.78 is 0. The van der Waals surface area contributed by atoms with Crippen molar-refractivity contribution in [2.45, 2.75) is 19.9 Å². The van der Waals surface area contributed by atoms with E-state index in [1.165, 1.54) is 9.75 Å². The van der Waals surface area contributed by atoms with Gasteiger partial charge in [-0.3, -0.25) is 0 Å². The van der Waals surface area contributed by atoms with Crippen molar-refractivity contribution in [3.05, 3.63) is 51.2 Å². The van der Waals surface area contributed by atoms with E-state index in [-0.39, 0.29) is 0 Å². The van der Waals surface area contributed by atoms with Gasteiger partial charge in [0.15, 0.2) is 0 Å². The molecule has 0 aliphatic carbocycles. The van der Waals surface area contributed by atoms with Crippen molar-refractivity contribution in [1.82, 2.24) is 0 Å². The molecule has 19 heavy (non-hydrogen) atoms. The fourth-order valence-corrected chi connectivity index (χ4v) is 2.64. The molecule has 0 aliphatic heterocycles. The molecular formula is C15H13N3S. The van der Waals surface area contributed by atoms with E-state index in [0.29, 0.717) is 11.1 Å². The molecule has 0 spiro atoms. The number of anilines is 1. The summed E-state index contributed by atoms with van der Waals surface area (Å²) in [6.45, 7) is 2.88. The summed E-state index contributed by atoms with van der Waals surface area (Å²) >= 11 is 1.79. The lowest BCUT2D eigenvalue weighted by Gasteiger charge is -2.05. The summed E-state index contributed by atoms with van der Waals surface area (Å²) in [7, 11) is 0. The third-order valence-corrected chi connectivity index (χ3v) is 4.02. The van der Waals surface area contributed by atoms with Crippen LogP contribution in [0.15, 0.2) is 30.3 Å². The minimum Gasteiger partial charge on any atom is -0.380 e. The van der Waals surface area contributed by atoms with Gasteiger partial charge in [-0.1, -0.05) is 6.92 Å². The maximum Gasteiger partial charge on any atom is 0.101 e. The Labute approximate surface area is 116 Å². The van der Waals surface area contributed by atoms with Gasteiger partial charge in [-0.25, -0.2) is 0 Å². The van der Waals surface area contributed by atoms with Crippen LogP contribution in [0.25, 0.3) is 0 Å². The van der Waals surface area contributed by atoms with Crippen molar-refractivity contribution in [1.29, 1.82) is 10.5 Å². The zero-order chi connectivity index (χ0) is 13.7. The third kappa shape index (κ3) is 3.13. The Hall–Kier alpha value is -2.30. The van der Waals surface area contributed by atoms with E-state index in [2.05, 4.69) is 24.4 Å². The lowest BCUT2D eigenvalue weighted by molar-refractivity contribution is 1.19. The molecule has 3 nitrogen and oxygen atoms in total. The predicted molar refractivity (Wildman–Crippen MR) is 76.9 cm³/mol. The molecule has 1 aromatic heterocycles. The summed E-state index contributed by atoms with van der Waals surface area (Å²) in [4.78, 5) is 2.63. The number of aryl methyl sites for hydroxylation is 1. The average Bonchev–Trinajstić information content (AvgIpc) is 2.92. The molecule has 2 aromatic rings. The second-order valence-corrected chi connectivity index (χ2v) is 5.31. The topological polar surface area (TPSA) is 59.6 Å². The van der Waals surface area contributed by atoms with E-state index in [4.69, 9.17) is 10.5 Å². The van der Waals surface area contributed by atoms with Gasteiger partial charge < -0.3 is 5.32 Å². The Morgan fingerprint density at radius 3 is 2.42 bits per heavy atom. The quantitative estimate of drug-likeness (QED) is 0.919. The van der Waals surface area contributed by atoms with Gasteiger partial charge in [-0.15, -0.1) is 11.3 Å². The molecule has 0 aliphatic rings. The normalized spacial score (nSPS) is 9.63. The number of nitrogens with zero attached hydrogens (tertiary/aromatic N) is 2. The Balaban J connectivity index is 2.08. The van der Waals surface area contributed by atoms with Gasteiger partial charge in [0, 0.05) is 22.0 Å². The second kappa shape index (κ2) is 6.04. The molecule has 1 N–H and O–H groups in total. The standard InChI is InChI=1S/C15H13N3S/c1-2-14-5-6-15(19-14)10-18-13-4-3-11(8-16)12(7-13)9-17/h3-7,18H,2,10H2,1H3. The smallest absolute Gasteiger partial charge is 0.101 e. The maximum absolute atomic E-state index is 8.97. The molecule has 0 saturated carbocycles. The van der Waals surface area contributed by atoms with Crippen LogP contribution in [0.2, 0.25) is 0 Å². The van der Waals surface area contributed by atoms with Crippen LogP contribution >= 0.6 is 11.3 Å². The molecule has 94 valence electrons. The van der Waals surface area contributed by atoms with Gasteiger partial charge in [0.05, 0.1) is 11.1 Å².